The van der Waals surface area contributed by atoms with E-state index in [0.29, 0.717) is 11.5 Å². The minimum absolute atomic E-state index is 0.0410. The molecule has 0 spiro atoms. The van der Waals surface area contributed by atoms with Crippen LogP contribution in [-0.2, 0) is 11.8 Å². The average molecular weight is 337 g/mol. The van der Waals surface area contributed by atoms with Crippen LogP contribution in [0, 0.1) is 13.8 Å². The van der Waals surface area contributed by atoms with Gasteiger partial charge in [-0.25, -0.2) is 4.68 Å². The van der Waals surface area contributed by atoms with Crippen LogP contribution < -0.4 is 10.1 Å². The maximum Gasteiger partial charge on any atom is 0.262 e. The summed E-state index contributed by atoms with van der Waals surface area (Å²) in [6.07, 6.45) is 0. The molecule has 1 amide bonds. The molecule has 3 aromatic rings. The third-order valence-corrected chi connectivity index (χ3v) is 3.80. The number of hydrogen-bond acceptors (Lipinski definition) is 5. The van der Waals surface area contributed by atoms with Crippen LogP contribution in [0.15, 0.2) is 42.5 Å². The fourth-order valence-corrected chi connectivity index (χ4v) is 2.54. The van der Waals surface area contributed by atoms with Gasteiger partial charge in [-0.05, 0) is 59.7 Å². The topological polar surface area (TPSA) is 81.9 Å². The molecule has 0 bridgehead atoms. The number of aryl methyl sites for hydroxylation is 3. The number of benzene rings is 2. The maximum atomic E-state index is 12.1. The predicted octanol–water partition coefficient (Wildman–Crippen LogP) is 2.51. The van der Waals surface area contributed by atoms with Gasteiger partial charge in [0.05, 0.1) is 0 Å². The summed E-state index contributed by atoms with van der Waals surface area (Å²) in [6, 6.07) is 13.2. The highest BCUT2D eigenvalue weighted by molar-refractivity contribution is 5.92. The Morgan fingerprint density at radius 3 is 2.40 bits per heavy atom. The maximum absolute atomic E-state index is 12.1. The van der Waals surface area contributed by atoms with Crippen molar-refractivity contribution in [1.29, 1.82) is 0 Å². The number of nitrogens with one attached hydrogen (secondary N) is 1. The molecule has 1 N–H and O–H groups in total. The van der Waals surface area contributed by atoms with E-state index in [2.05, 4.69) is 20.8 Å². The Morgan fingerprint density at radius 2 is 1.80 bits per heavy atom. The summed E-state index contributed by atoms with van der Waals surface area (Å²) in [5, 5.41) is 14.2. The van der Waals surface area contributed by atoms with E-state index in [1.165, 1.54) is 0 Å². The molecule has 1 aromatic heterocycles. The molecule has 0 aliphatic rings. The lowest BCUT2D eigenvalue weighted by Gasteiger charge is -2.12. The predicted molar refractivity (Wildman–Crippen MR) is 94.3 cm³/mol. The lowest BCUT2D eigenvalue weighted by Crippen LogP contribution is -2.20. The third-order valence-electron chi connectivity index (χ3n) is 3.80. The van der Waals surface area contributed by atoms with Crippen molar-refractivity contribution < 1.29 is 9.53 Å². The number of carbonyl (C=O) groups is 1. The molecule has 128 valence electrons. The minimum Gasteiger partial charge on any atom is -0.483 e. The number of anilines is 1. The smallest absolute Gasteiger partial charge is 0.262 e. The monoisotopic (exact) mass is 337 g/mol. The number of rotatable bonds is 5. The summed E-state index contributed by atoms with van der Waals surface area (Å²) in [7, 11) is 1.77. The number of ether oxygens (including phenoxy) is 1. The molecule has 1 heterocycles. The molecule has 2 aromatic carbocycles. The van der Waals surface area contributed by atoms with Gasteiger partial charge >= 0.3 is 0 Å². The fourth-order valence-electron chi connectivity index (χ4n) is 2.54. The summed E-state index contributed by atoms with van der Waals surface area (Å²) in [6.45, 7) is 3.88. The number of nitrogens with zero attached hydrogens (tertiary/aromatic N) is 4. The zero-order valence-electron chi connectivity index (χ0n) is 14.4. The molecule has 0 aliphatic heterocycles. The molecular formula is C18H19N5O2. The van der Waals surface area contributed by atoms with Crippen molar-refractivity contribution in [3.63, 3.8) is 0 Å². The average Bonchev–Trinajstić information content (AvgIpc) is 3.01. The Bertz CT molecular complexity index is 866. The first-order valence-electron chi connectivity index (χ1n) is 7.86. The van der Waals surface area contributed by atoms with E-state index in [9.17, 15) is 4.79 Å². The molecular weight excluding hydrogens is 318 g/mol. The van der Waals surface area contributed by atoms with E-state index in [1.54, 1.807) is 23.9 Å². The number of para-hydroxylation sites is 1. The first-order chi connectivity index (χ1) is 12.0. The summed E-state index contributed by atoms with van der Waals surface area (Å²) in [5.41, 5.74) is 3.58. The standard InChI is InChI=1S/C18H19N5O2/c1-12-5-4-6-13(2)17(12)25-11-16(24)19-15-9-7-14(8-10-15)18-20-21-22-23(18)3/h4-10H,11H2,1-3H3,(H,19,24). The zero-order chi connectivity index (χ0) is 17.8. The van der Waals surface area contributed by atoms with Gasteiger partial charge in [-0.1, -0.05) is 18.2 Å². The second-order valence-electron chi connectivity index (χ2n) is 5.76. The van der Waals surface area contributed by atoms with Gasteiger partial charge < -0.3 is 10.1 Å². The first kappa shape index (κ1) is 16.6. The number of hydrogen-bond donors (Lipinski definition) is 1. The molecule has 0 saturated heterocycles. The largest absolute Gasteiger partial charge is 0.483 e. The zero-order valence-corrected chi connectivity index (χ0v) is 14.4. The lowest BCUT2D eigenvalue weighted by molar-refractivity contribution is -0.118. The Kier molecular flexibility index (Phi) is 4.74. The molecule has 0 unspecified atom stereocenters. The number of tetrazole rings is 1. The molecule has 0 atom stereocenters. The highest BCUT2D eigenvalue weighted by atomic mass is 16.5. The Morgan fingerprint density at radius 1 is 1.12 bits per heavy atom. The fraction of sp³-hybridized carbons (Fsp3) is 0.222. The normalized spacial score (nSPS) is 10.5. The van der Waals surface area contributed by atoms with Crippen LogP contribution in [0.4, 0.5) is 5.69 Å². The summed E-state index contributed by atoms with van der Waals surface area (Å²) < 4.78 is 7.25. The molecule has 3 rings (SSSR count). The molecule has 7 nitrogen and oxygen atoms in total. The Hall–Kier alpha value is -3.22. The van der Waals surface area contributed by atoms with Gasteiger partial charge in [-0.3, -0.25) is 4.79 Å². The van der Waals surface area contributed by atoms with Crippen LogP contribution in [0.25, 0.3) is 11.4 Å². The number of carbonyl (C=O) groups excluding carboxylic acids is 1. The van der Waals surface area contributed by atoms with Crippen molar-refractivity contribution in [2.24, 2.45) is 7.05 Å². The van der Waals surface area contributed by atoms with Gasteiger partial charge in [0.2, 0.25) is 0 Å². The van der Waals surface area contributed by atoms with Crippen molar-refractivity contribution in [3.8, 4) is 17.1 Å². The van der Waals surface area contributed by atoms with Crippen molar-refractivity contribution in [2.75, 3.05) is 11.9 Å². The van der Waals surface area contributed by atoms with Gasteiger partial charge in [0.15, 0.2) is 12.4 Å². The van der Waals surface area contributed by atoms with Crippen molar-refractivity contribution in [1.82, 2.24) is 20.2 Å². The van der Waals surface area contributed by atoms with Crippen LogP contribution in [0.3, 0.4) is 0 Å². The summed E-state index contributed by atoms with van der Waals surface area (Å²) in [4.78, 5) is 12.1. The second-order valence-corrected chi connectivity index (χ2v) is 5.76. The molecule has 0 radical (unpaired) electrons. The SMILES string of the molecule is Cc1cccc(C)c1OCC(=O)Nc1ccc(-c2nnnn2C)cc1. The molecule has 0 aliphatic carbocycles. The summed E-state index contributed by atoms with van der Waals surface area (Å²) >= 11 is 0. The molecule has 7 heteroatoms. The quantitative estimate of drug-likeness (QED) is 0.773. The van der Waals surface area contributed by atoms with E-state index in [1.807, 2.05) is 44.2 Å². The van der Waals surface area contributed by atoms with Gasteiger partial charge in [0.25, 0.3) is 5.91 Å². The van der Waals surface area contributed by atoms with Gasteiger partial charge in [0.1, 0.15) is 5.75 Å². The van der Waals surface area contributed by atoms with Crippen LogP contribution in [0.1, 0.15) is 11.1 Å². The van der Waals surface area contributed by atoms with Gasteiger partial charge in [0, 0.05) is 18.3 Å². The van der Waals surface area contributed by atoms with Crippen LogP contribution in [0.2, 0.25) is 0 Å². The van der Waals surface area contributed by atoms with Crippen LogP contribution in [0.5, 0.6) is 5.75 Å². The molecule has 0 fully saturated rings. The van der Waals surface area contributed by atoms with Crippen LogP contribution >= 0.6 is 0 Å². The Balaban J connectivity index is 1.61. The molecule has 0 saturated carbocycles. The van der Waals surface area contributed by atoms with Gasteiger partial charge in [-0.15, -0.1) is 5.10 Å². The second kappa shape index (κ2) is 7.12. The van der Waals surface area contributed by atoms with E-state index in [-0.39, 0.29) is 12.5 Å². The summed E-state index contributed by atoms with van der Waals surface area (Å²) in [5.74, 6) is 1.20. The highest BCUT2D eigenvalue weighted by Crippen LogP contribution is 2.22. The lowest BCUT2D eigenvalue weighted by atomic mass is 10.1. The van der Waals surface area contributed by atoms with E-state index in [4.69, 9.17) is 4.74 Å². The minimum atomic E-state index is -0.212. The first-order valence-corrected chi connectivity index (χ1v) is 7.86. The van der Waals surface area contributed by atoms with Crippen molar-refractivity contribution in [2.45, 2.75) is 13.8 Å². The van der Waals surface area contributed by atoms with E-state index < -0.39 is 0 Å². The van der Waals surface area contributed by atoms with E-state index >= 15 is 0 Å². The third kappa shape index (κ3) is 3.82. The van der Waals surface area contributed by atoms with Crippen molar-refractivity contribution >= 4 is 11.6 Å². The highest BCUT2D eigenvalue weighted by Gasteiger charge is 2.09. The number of amides is 1. The van der Waals surface area contributed by atoms with Crippen LogP contribution in [-0.4, -0.2) is 32.7 Å². The van der Waals surface area contributed by atoms with E-state index in [0.717, 1.165) is 22.4 Å². The van der Waals surface area contributed by atoms with Gasteiger partial charge in [-0.2, -0.15) is 0 Å². The number of aromatic nitrogens is 4. The van der Waals surface area contributed by atoms with Crippen molar-refractivity contribution in [3.05, 3.63) is 53.6 Å². The Labute approximate surface area is 145 Å². The molecule has 25 heavy (non-hydrogen) atoms.